The maximum Gasteiger partial charge on any atom is 0.456 e. The number of nitrogens with two attached hydrogens (primary N) is 1. The Kier molecular flexibility index (Phi) is 3.84. The molecule has 0 aliphatic heterocycles. The van der Waals surface area contributed by atoms with Crippen molar-refractivity contribution in [1.82, 2.24) is 14.3 Å². The lowest BCUT2D eigenvalue weighted by Crippen LogP contribution is -2.25. The van der Waals surface area contributed by atoms with Crippen LogP contribution < -0.4 is 15.7 Å². The molecule has 2 aromatic rings. The van der Waals surface area contributed by atoms with Gasteiger partial charge in [0.2, 0.25) is 11.6 Å². The summed E-state index contributed by atoms with van der Waals surface area (Å²) in [4.78, 5) is 11.8. The van der Waals surface area contributed by atoms with Crippen LogP contribution in [0.2, 0.25) is 0 Å². The fourth-order valence-corrected chi connectivity index (χ4v) is 3.12. The zero-order valence-corrected chi connectivity index (χ0v) is 12.5. The average molecular weight is 326 g/mol. The molecule has 2 unspecified atom stereocenters. The minimum Gasteiger partial charge on any atom is -0.378 e. The van der Waals surface area contributed by atoms with Gasteiger partial charge in [0, 0.05) is 12.8 Å². The van der Waals surface area contributed by atoms with E-state index in [1.807, 2.05) is 12.2 Å². The molecule has 1 aliphatic rings. The van der Waals surface area contributed by atoms with E-state index in [0.717, 1.165) is 23.2 Å². The second-order valence-corrected chi connectivity index (χ2v) is 5.79. The summed E-state index contributed by atoms with van der Waals surface area (Å²) in [6.45, 7) is 1.55. The summed E-state index contributed by atoms with van der Waals surface area (Å²) in [5.74, 6) is -0.513. The molecule has 0 radical (unpaired) electrons. The minimum atomic E-state index is -2.19. The second-order valence-electron chi connectivity index (χ2n) is 4.82. The van der Waals surface area contributed by atoms with Gasteiger partial charge in [-0.1, -0.05) is 22.5 Å². The fourth-order valence-electron chi connectivity index (χ4n) is 2.23. The van der Waals surface area contributed by atoms with Gasteiger partial charge in [-0.05, 0) is 19.3 Å². The van der Waals surface area contributed by atoms with Gasteiger partial charge in [-0.3, -0.25) is 4.52 Å². The molecule has 118 valence electrons. The van der Waals surface area contributed by atoms with Gasteiger partial charge in [0.05, 0.1) is 0 Å². The number of anilines is 1. The second kappa shape index (κ2) is 5.79. The number of allylic oxidation sites excluding steroid dienone is 2. The third kappa shape index (κ3) is 2.56. The van der Waals surface area contributed by atoms with E-state index in [1.165, 1.54) is 0 Å². The van der Waals surface area contributed by atoms with Crippen LogP contribution in [-0.4, -0.2) is 18.5 Å². The van der Waals surface area contributed by atoms with Crippen LogP contribution in [0.4, 0.5) is 5.82 Å². The fraction of sp³-hybridized carbons (Fsp3) is 0.417. The van der Waals surface area contributed by atoms with E-state index in [-0.39, 0.29) is 29.1 Å². The van der Waals surface area contributed by atoms with E-state index < -0.39 is 17.0 Å². The maximum atomic E-state index is 12.4. The summed E-state index contributed by atoms with van der Waals surface area (Å²) in [5.41, 5.74) is 5.56. The SMILES string of the molecule is Cc1onc(N)c1OS(=O)n1c(C2C=CCCC2)noc1=O. The van der Waals surface area contributed by atoms with E-state index in [1.54, 1.807) is 6.92 Å². The number of rotatable bonds is 4. The van der Waals surface area contributed by atoms with Gasteiger partial charge in [0.15, 0.2) is 11.6 Å². The Hall–Kier alpha value is -2.36. The van der Waals surface area contributed by atoms with E-state index in [9.17, 15) is 9.00 Å². The lowest BCUT2D eigenvalue weighted by Gasteiger charge is -2.14. The van der Waals surface area contributed by atoms with Crippen LogP contribution >= 0.6 is 0 Å². The Labute approximate surface area is 127 Å². The topological polar surface area (TPSA) is 126 Å². The van der Waals surface area contributed by atoms with Crippen LogP contribution in [0.15, 0.2) is 26.0 Å². The largest absolute Gasteiger partial charge is 0.456 e. The lowest BCUT2D eigenvalue weighted by atomic mass is 9.95. The quantitative estimate of drug-likeness (QED) is 0.826. The standard InChI is InChI=1S/C12H14N4O5S/c1-7-9(10(13)14-19-7)21-22(18)16-11(15-20-12(16)17)8-5-3-2-4-6-8/h3,5,8H,2,4,6H2,1H3,(H2,13,14). The zero-order valence-electron chi connectivity index (χ0n) is 11.7. The number of hydrogen-bond donors (Lipinski definition) is 1. The van der Waals surface area contributed by atoms with Crippen molar-refractivity contribution in [2.45, 2.75) is 32.1 Å². The molecule has 0 amide bonds. The number of hydrogen-bond acceptors (Lipinski definition) is 8. The zero-order chi connectivity index (χ0) is 15.7. The molecule has 0 spiro atoms. The Morgan fingerprint density at radius 3 is 2.91 bits per heavy atom. The highest BCUT2D eigenvalue weighted by Gasteiger charge is 2.26. The van der Waals surface area contributed by atoms with Crippen molar-refractivity contribution in [2.75, 3.05) is 5.73 Å². The molecule has 0 aromatic carbocycles. The summed E-state index contributed by atoms with van der Waals surface area (Å²) in [6.07, 6.45) is 6.60. The molecule has 2 N–H and O–H groups in total. The third-order valence-electron chi connectivity index (χ3n) is 3.31. The van der Waals surface area contributed by atoms with Gasteiger partial charge in [0.1, 0.15) is 0 Å². The van der Waals surface area contributed by atoms with Crippen LogP contribution in [0.3, 0.4) is 0 Å². The molecular formula is C12H14N4O5S. The molecule has 2 heterocycles. The third-order valence-corrected chi connectivity index (χ3v) is 4.26. The van der Waals surface area contributed by atoms with Crippen molar-refractivity contribution in [3.05, 3.63) is 34.3 Å². The van der Waals surface area contributed by atoms with E-state index in [2.05, 4.69) is 14.8 Å². The molecule has 3 rings (SSSR count). The Balaban J connectivity index is 1.93. The van der Waals surface area contributed by atoms with E-state index in [4.69, 9.17) is 14.4 Å². The molecule has 0 fully saturated rings. The molecule has 0 saturated carbocycles. The number of nitrogens with zero attached hydrogens (tertiary/aromatic N) is 3. The number of aryl methyl sites for hydroxylation is 1. The average Bonchev–Trinajstić information content (AvgIpc) is 3.05. The van der Waals surface area contributed by atoms with Gasteiger partial charge < -0.3 is 14.4 Å². The van der Waals surface area contributed by atoms with Gasteiger partial charge in [-0.15, -0.1) is 3.97 Å². The monoisotopic (exact) mass is 326 g/mol. The van der Waals surface area contributed by atoms with Crippen molar-refractivity contribution in [3.63, 3.8) is 0 Å². The van der Waals surface area contributed by atoms with Crippen LogP contribution in [0, 0.1) is 6.92 Å². The molecule has 0 saturated heterocycles. The molecular weight excluding hydrogens is 312 g/mol. The van der Waals surface area contributed by atoms with Gasteiger partial charge in [-0.2, -0.15) is 4.21 Å². The smallest absolute Gasteiger partial charge is 0.378 e. The first-order chi connectivity index (χ1) is 10.6. The molecule has 10 heteroatoms. The summed E-state index contributed by atoms with van der Waals surface area (Å²) < 4.78 is 27.9. The highest BCUT2D eigenvalue weighted by molar-refractivity contribution is 7.79. The van der Waals surface area contributed by atoms with Crippen molar-refractivity contribution in [2.24, 2.45) is 0 Å². The van der Waals surface area contributed by atoms with Gasteiger partial charge >= 0.3 is 17.0 Å². The molecule has 0 bridgehead atoms. The van der Waals surface area contributed by atoms with Crippen molar-refractivity contribution < 1.29 is 17.4 Å². The number of nitrogen functional groups attached to an aromatic ring is 1. The lowest BCUT2D eigenvalue weighted by molar-refractivity contribution is 0.376. The predicted molar refractivity (Wildman–Crippen MR) is 76.3 cm³/mol. The van der Waals surface area contributed by atoms with Crippen LogP contribution in [-0.2, 0) is 11.3 Å². The summed E-state index contributed by atoms with van der Waals surface area (Å²) in [6, 6.07) is 0. The van der Waals surface area contributed by atoms with Crippen LogP contribution in [0.5, 0.6) is 5.75 Å². The predicted octanol–water partition coefficient (Wildman–Crippen LogP) is 1.04. The normalized spacial score (nSPS) is 19.2. The number of aromatic nitrogens is 3. The van der Waals surface area contributed by atoms with E-state index >= 15 is 0 Å². The Bertz CT molecular complexity index is 770. The van der Waals surface area contributed by atoms with Crippen LogP contribution in [0.1, 0.15) is 36.8 Å². The summed E-state index contributed by atoms with van der Waals surface area (Å²) in [5, 5.41) is 7.21. The Morgan fingerprint density at radius 2 is 2.27 bits per heavy atom. The highest BCUT2D eigenvalue weighted by Crippen LogP contribution is 2.28. The van der Waals surface area contributed by atoms with Gasteiger partial charge in [-0.25, -0.2) is 4.79 Å². The maximum absolute atomic E-state index is 12.4. The molecule has 2 atom stereocenters. The van der Waals surface area contributed by atoms with Crippen LogP contribution in [0.25, 0.3) is 0 Å². The summed E-state index contributed by atoms with van der Waals surface area (Å²) >= 11 is -2.19. The summed E-state index contributed by atoms with van der Waals surface area (Å²) in [7, 11) is 0. The minimum absolute atomic E-state index is 0.0246. The molecule has 1 aliphatic carbocycles. The first kappa shape index (κ1) is 14.6. The van der Waals surface area contributed by atoms with E-state index in [0.29, 0.717) is 0 Å². The molecule has 2 aromatic heterocycles. The Morgan fingerprint density at radius 1 is 1.45 bits per heavy atom. The van der Waals surface area contributed by atoms with Crippen molar-refractivity contribution >= 4 is 17.1 Å². The van der Waals surface area contributed by atoms with Gasteiger partial charge in [0.25, 0.3) is 0 Å². The first-order valence-corrected chi connectivity index (χ1v) is 7.68. The molecule has 9 nitrogen and oxygen atoms in total. The van der Waals surface area contributed by atoms with Crippen molar-refractivity contribution in [3.8, 4) is 5.75 Å². The molecule has 22 heavy (non-hydrogen) atoms. The van der Waals surface area contributed by atoms with Crippen molar-refractivity contribution in [1.29, 1.82) is 0 Å². The first-order valence-electron chi connectivity index (χ1n) is 6.65. The highest BCUT2D eigenvalue weighted by atomic mass is 32.2.